The maximum atomic E-state index is 15.1. The van der Waals surface area contributed by atoms with Crippen LogP contribution in [0.5, 0.6) is 17.2 Å². The minimum absolute atomic E-state index is 0.0583. The van der Waals surface area contributed by atoms with Crippen molar-refractivity contribution in [1.82, 2.24) is 0 Å². The summed E-state index contributed by atoms with van der Waals surface area (Å²) in [5, 5.41) is 9.83. The van der Waals surface area contributed by atoms with Crippen LogP contribution in [0.3, 0.4) is 0 Å². The van der Waals surface area contributed by atoms with Crippen LogP contribution in [-0.2, 0) is 11.0 Å². The highest BCUT2D eigenvalue weighted by Gasteiger charge is 2.38. The van der Waals surface area contributed by atoms with Crippen LogP contribution < -0.4 is 19.1 Å². The molecule has 4 aromatic rings. The Morgan fingerprint density at radius 2 is 1.69 bits per heavy atom. The number of para-hydroxylation sites is 1. The summed E-state index contributed by atoms with van der Waals surface area (Å²) in [6.07, 6.45) is -5.24. The van der Waals surface area contributed by atoms with E-state index in [0.29, 0.717) is 17.1 Å². The number of methoxy groups -OCH3 is 1. The maximum Gasteiger partial charge on any atom is 0.416 e. The lowest BCUT2D eigenvalue weighted by Crippen LogP contribution is -2.39. The predicted octanol–water partition coefficient (Wildman–Crippen LogP) is 7.36. The summed E-state index contributed by atoms with van der Waals surface area (Å²) < 4.78 is 72.8. The molecule has 0 spiro atoms. The number of fused-ring (bicyclic) bond motifs is 2. The number of halogens is 4. The number of hydrogen-bond donors (Lipinski definition) is 1. The number of carbonyl (C=O) groups is 1. The molecule has 1 atom stereocenters. The third kappa shape index (κ3) is 4.87. The van der Waals surface area contributed by atoms with Crippen molar-refractivity contribution in [2.45, 2.75) is 18.6 Å². The van der Waals surface area contributed by atoms with E-state index in [4.69, 9.17) is 14.2 Å². The third-order valence-electron chi connectivity index (χ3n) is 7.12. The summed E-state index contributed by atoms with van der Waals surface area (Å²) in [6.45, 7) is 0.127. The fraction of sp³-hybridized carbons (Fsp3) is 0.161. The van der Waals surface area contributed by atoms with Gasteiger partial charge in [0.15, 0.2) is 11.5 Å². The zero-order valence-corrected chi connectivity index (χ0v) is 22.0. The van der Waals surface area contributed by atoms with E-state index in [1.807, 2.05) is 12.1 Å². The second-order valence-electron chi connectivity index (χ2n) is 9.63. The van der Waals surface area contributed by atoms with Crippen molar-refractivity contribution in [2.75, 3.05) is 18.8 Å². The number of aliphatic imine (C=N–C) groups is 1. The Morgan fingerprint density at radius 3 is 2.40 bits per heavy atom. The van der Waals surface area contributed by atoms with Crippen molar-refractivity contribution in [1.29, 1.82) is 0 Å². The van der Waals surface area contributed by atoms with E-state index in [0.717, 1.165) is 29.3 Å². The van der Waals surface area contributed by atoms with Crippen LogP contribution in [0.25, 0.3) is 11.1 Å². The summed E-state index contributed by atoms with van der Waals surface area (Å²) in [6, 6.07) is 18.3. The van der Waals surface area contributed by atoms with Gasteiger partial charge in [0.2, 0.25) is 6.79 Å². The van der Waals surface area contributed by atoms with E-state index < -0.39 is 36.0 Å². The number of carboxylic acid groups (broad SMARTS) is 1. The van der Waals surface area contributed by atoms with E-state index in [9.17, 15) is 23.1 Å². The molecule has 6 rings (SSSR count). The summed E-state index contributed by atoms with van der Waals surface area (Å²) in [7, 11) is 1.30. The molecule has 7 nitrogen and oxygen atoms in total. The topological polar surface area (TPSA) is 80.6 Å². The van der Waals surface area contributed by atoms with Crippen molar-refractivity contribution in [3.63, 3.8) is 0 Å². The van der Waals surface area contributed by atoms with Crippen LogP contribution in [0.2, 0.25) is 0 Å². The molecule has 0 saturated carbocycles. The average molecular weight is 579 g/mol. The first kappa shape index (κ1) is 27.1. The largest absolute Gasteiger partial charge is 0.495 e. The Balaban J connectivity index is 1.53. The SMILES string of the molecule is COc1ccc(C(F)(F)F)cc1N1C(c2ccc(-c3ccc4c(c3)OCO4)cc2)=Nc2c(F)cccc2C1CC(=O)O. The lowest BCUT2D eigenvalue weighted by molar-refractivity contribution is -0.138. The molecule has 0 amide bonds. The number of hydrogen-bond acceptors (Lipinski definition) is 6. The first-order valence-corrected chi connectivity index (χ1v) is 12.8. The number of carboxylic acids is 1. The van der Waals surface area contributed by atoms with Crippen molar-refractivity contribution >= 4 is 23.2 Å². The zero-order valence-electron chi connectivity index (χ0n) is 22.0. The molecule has 2 aliphatic heterocycles. The van der Waals surface area contributed by atoms with Gasteiger partial charge in [0.05, 0.1) is 30.8 Å². The summed E-state index contributed by atoms with van der Waals surface area (Å²) in [5.74, 6) is -0.572. The Labute approximate surface area is 237 Å². The van der Waals surface area contributed by atoms with Gasteiger partial charge in [0.25, 0.3) is 0 Å². The molecule has 2 aliphatic rings. The van der Waals surface area contributed by atoms with E-state index in [1.165, 1.54) is 30.2 Å². The molecule has 42 heavy (non-hydrogen) atoms. The van der Waals surface area contributed by atoms with Crippen LogP contribution >= 0.6 is 0 Å². The van der Waals surface area contributed by atoms with E-state index in [2.05, 4.69) is 4.99 Å². The van der Waals surface area contributed by atoms with Crippen LogP contribution in [0.1, 0.15) is 29.2 Å². The highest BCUT2D eigenvalue weighted by atomic mass is 19.4. The number of benzene rings is 4. The van der Waals surface area contributed by atoms with E-state index in [1.54, 1.807) is 30.3 Å². The molecule has 214 valence electrons. The van der Waals surface area contributed by atoms with Crippen LogP contribution in [0.15, 0.2) is 83.9 Å². The monoisotopic (exact) mass is 578 g/mol. The van der Waals surface area contributed by atoms with Crippen LogP contribution in [-0.4, -0.2) is 30.8 Å². The van der Waals surface area contributed by atoms with Gasteiger partial charge in [-0.1, -0.05) is 42.5 Å². The number of anilines is 1. The normalized spacial score (nSPS) is 15.7. The highest BCUT2D eigenvalue weighted by molar-refractivity contribution is 6.14. The second-order valence-corrected chi connectivity index (χ2v) is 9.63. The first-order valence-electron chi connectivity index (χ1n) is 12.8. The number of aliphatic carboxylic acids is 1. The van der Waals surface area contributed by atoms with Gasteiger partial charge in [-0.3, -0.25) is 4.79 Å². The fourth-order valence-electron chi connectivity index (χ4n) is 5.16. The molecule has 0 aromatic heterocycles. The van der Waals surface area contributed by atoms with Gasteiger partial charge in [-0.2, -0.15) is 13.2 Å². The number of alkyl halides is 3. The van der Waals surface area contributed by atoms with Gasteiger partial charge in [0.1, 0.15) is 23.1 Å². The molecule has 0 fully saturated rings. The molecule has 1 unspecified atom stereocenters. The molecular weight excluding hydrogens is 556 g/mol. The molecule has 1 N–H and O–H groups in total. The van der Waals surface area contributed by atoms with E-state index in [-0.39, 0.29) is 35.3 Å². The molecule has 0 radical (unpaired) electrons. The Morgan fingerprint density at radius 1 is 0.976 bits per heavy atom. The Bertz CT molecular complexity index is 1720. The standard InChI is InChI=1S/C31H22F4N2O5/c1-40-25-12-10-20(31(33,34)35)14-24(25)37-23(15-28(38)39)21-3-2-4-22(32)29(21)36-30(37)18-7-5-17(6-8-18)19-9-11-26-27(13-19)42-16-41-26/h2-14,23H,15-16H2,1H3,(H,38,39). The molecular formula is C31H22F4N2O5. The molecule has 4 aromatic carbocycles. The first-order chi connectivity index (χ1) is 20.1. The number of amidine groups is 1. The number of ether oxygens (including phenoxy) is 3. The van der Waals surface area contributed by atoms with Crippen LogP contribution in [0.4, 0.5) is 28.9 Å². The summed E-state index contributed by atoms with van der Waals surface area (Å²) in [5.41, 5.74) is 1.15. The van der Waals surface area contributed by atoms with Gasteiger partial charge in [-0.25, -0.2) is 9.38 Å². The van der Waals surface area contributed by atoms with Gasteiger partial charge >= 0.3 is 12.1 Å². The average Bonchev–Trinajstić information content (AvgIpc) is 3.45. The van der Waals surface area contributed by atoms with Crippen molar-refractivity contribution < 1.29 is 41.7 Å². The minimum Gasteiger partial charge on any atom is -0.495 e. The predicted molar refractivity (Wildman–Crippen MR) is 146 cm³/mol. The molecule has 0 aliphatic carbocycles. The number of nitrogens with zero attached hydrogens (tertiary/aromatic N) is 2. The minimum atomic E-state index is -4.69. The molecule has 2 heterocycles. The smallest absolute Gasteiger partial charge is 0.416 e. The Kier molecular flexibility index (Phi) is 6.72. The van der Waals surface area contributed by atoms with Crippen molar-refractivity contribution in [3.8, 4) is 28.4 Å². The van der Waals surface area contributed by atoms with Crippen LogP contribution in [0, 0.1) is 5.82 Å². The van der Waals surface area contributed by atoms with E-state index >= 15 is 4.39 Å². The molecule has 0 bridgehead atoms. The highest BCUT2D eigenvalue weighted by Crippen LogP contribution is 2.46. The molecule has 11 heteroatoms. The molecule has 0 saturated heterocycles. The van der Waals surface area contributed by atoms with Gasteiger partial charge in [0, 0.05) is 11.1 Å². The third-order valence-corrected chi connectivity index (χ3v) is 7.12. The van der Waals surface area contributed by atoms with Gasteiger partial charge in [-0.05, 0) is 47.5 Å². The number of rotatable bonds is 6. The van der Waals surface area contributed by atoms with Crippen molar-refractivity contribution in [2.24, 2.45) is 4.99 Å². The lowest BCUT2D eigenvalue weighted by atomic mass is 9.94. The second kappa shape index (κ2) is 10.4. The summed E-state index contributed by atoms with van der Waals surface area (Å²) in [4.78, 5) is 18.0. The Hall–Kier alpha value is -5.06. The van der Waals surface area contributed by atoms with Gasteiger partial charge < -0.3 is 24.2 Å². The van der Waals surface area contributed by atoms with Gasteiger partial charge in [-0.15, -0.1) is 0 Å². The van der Waals surface area contributed by atoms with Crippen molar-refractivity contribution in [3.05, 3.63) is 101 Å². The quantitative estimate of drug-likeness (QED) is 0.241. The maximum absolute atomic E-state index is 15.1. The fourth-order valence-corrected chi connectivity index (χ4v) is 5.16. The lowest BCUT2D eigenvalue weighted by Gasteiger charge is -2.38. The summed E-state index contributed by atoms with van der Waals surface area (Å²) >= 11 is 0. The zero-order chi connectivity index (χ0) is 29.6.